The fourth-order valence-electron chi connectivity index (χ4n) is 2.48. The van der Waals surface area contributed by atoms with Crippen LogP contribution in [0.1, 0.15) is 66.2 Å². The number of aliphatic carboxylic acids is 1. The predicted octanol–water partition coefficient (Wildman–Crippen LogP) is 2.54. The molecule has 0 fully saturated rings. The number of hydrogen-bond acceptors (Lipinski definition) is 3. The number of carboxylic acids is 1. The van der Waals surface area contributed by atoms with Crippen LogP contribution < -0.4 is 11.1 Å². The number of hydrogen-bond donors (Lipinski definition) is 3. The van der Waals surface area contributed by atoms with Crippen LogP contribution in [0, 0.1) is 11.8 Å². The van der Waals surface area contributed by atoms with E-state index in [1.165, 1.54) is 0 Å². The minimum absolute atomic E-state index is 0.0450. The molecule has 0 bridgehead atoms. The monoisotopic (exact) mass is 300 g/mol. The lowest BCUT2D eigenvalue weighted by atomic mass is 9.94. The Bertz CT molecular complexity index is 319. The number of unbranched alkanes of at least 4 members (excludes halogenated alkanes) is 1. The van der Waals surface area contributed by atoms with Crippen LogP contribution >= 0.6 is 0 Å². The molecule has 0 heterocycles. The second kappa shape index (κ2) is 10.6. The third kappa shape index (κ3) is 10.3. The molecule has 0 radical (unpaired) electrons. The van der Waals surface area contributed by atoms with E-state index in [0.717, 1.165) is 19.3 Å². The molecule has 0 saturated carbocycles. The molecule has 0 aliphatic rings. The van der Waals surface area contributed by atoms with Gasteiger partial charge in [0, 0.05) is 6.04 Å². The Kier molecular flexibility index (Phi) is 10.0. The van der Waals surface area contributed by atoms with Crippen LogP contribution in [0.2, 0.25) is 0 Å². The minimum Gasteiger partial charge on any atom is -0.481 e. The Labute approximate surface area is 128 Å². The molecule has 3 atom stereocenters. The molecule has 1 amide bonds. The molecule has 5 nitrogen and oxygen atoms in total. The van der Waals surface area contributed by atoms with Crippen LogP contribution in [-0.2, 0) is 9.59 Å². The number of nitrogens with two attached hydrogens (primary N) is 1. The average molecular weight is 300 g/mol. The van der Waals surface area contributed by atoms with Crippen molar-refractivity contribution in [3.63, 3.8) is 0 Å². The first-order chi connectivity index (χ1) is 9.76. The van der Waals surface area contributed by atoms with E-state index in [1.54, 1.807) is 0 Å². The summed E-state index contributed by atoms with van der Waals surface area (Å²) < 4.78 is 0. The standard InChI is InChI=1S/C16H32N2O3/c1-5-6-7-12(4)9-13(10-15(19)20)18-16(21)14(17)8-11(2)3/h11-14H,5-10,17H2,1-4H3,(H,18,21)(H,19,20)/t12?,13?,14-/m0/s1. The normalized spacial score (nSPS) is 15.5. The summed E-state index contributed by atoms with van der Waals surface area (Å²) in [5.41, 5.74) is 5.85. The zero-order chi connectivity index (χ0) is 16.4. The molecule has 2 unspecified atom stereocenters. The first kappa shape index (κ1) is 19.9. The summed E-state index contributed by atoms with van der Waals surface area (Å²) >= 11 is 0. The minimum atomic E-state index is -0.888. The van der Waals surface area contributed by atoms with Crippen LogP contribution in [0.25, 0.3) is 0 Å². The highest BCUT2D eigenvalue weighted by molar-refractivity contribution is 5.82. The second-order valence-electron chi connectivity index (χ2n) is 6.52. The second-order valence-corrected chi connectivity index (χ2v) is 6.52. The largest absolute Gasteiger partial charge is 0.481 e. The molecular weight excluding hydrogens is 268 g/mol. The number of nitrogens with one attached hydrogen (secondary N) is 1. The van der Waals surface area contributed by atoms with Gasteiger partial charge >= 0.3 is 5.97 Å². The molecule has 4 N–H and O–H groups in total. The van der Waals surface area contributed by atoms with Crippen molar-refractivity contribution in [1.29, 1.82) is 0 Å². The van der Waals surface area contributed by atoms with E-state index in [2.05, 4.69) is 19.2 Å². The van der Waals surface area contributed by atoms with Crippen molar-refractivity contribution < 1.29 is 14.7 Å². The lowest BCUT2D eigenvalue weighted by Crippen LogP contribution is -2.47. The third-order valence-electron chi connectivity index (χ3n) is 3.57. The van der Waals surface area contributed by atoms with Crippen LogP contribution in [0.4, 0.5) is 0 Å². The van der Waals surface area contributed by atoms with Gasteiger partial charge in [-0.15, -0.1) is 0 Å². The molecule has 0 aromatic rings. The van der Waals surface area contributed by atoms with Crippen LogP contribution in [0.3, 0.4) is 0 Å². The molecule has 0 saturated heterocycles. The van der Waals surface area contributed by atoms with E-state index in [-0.39, 0.29) is 18.4 Å². The van der Waals surface area contributed by atoms with E-state index in [1.807, 2.05) is 13.8 Å². The Balaban J connectivity index is 4.46. The zero-order valence-corrected chi connectivity index (χ0v) is 13.9. The average Bonchev–Trinajstić information content (AvgIpc) is 2.34. The molecule has 124 valence electrons. The number of carboxylic acid groups (broad SMARTS) is 1. The summed E-state index contributed by atoms with van der Waals surface area (Å²) in [6.07, 6.45) is 4.56. The summed E-state index contributed by atoms with van der Waals surface area (Å²) in [6, 6.07) is -0.896. The van der Waals surface area contributed by atoms with E-state index in [4.69, 9.17) is 10.8 Å². The van der Waals surface area contributed by atoms with Crippen molar-refractivity contribution in [3.8, 4) is 0 Å². The third-order valence-corrected chi connectivity index (χ3v) is 3.57. The van der Waals surface area contributed by atoms with Gasteiger partial charge in [-0.3, -0.25) is 9.59 Å². The molecule has 0 aliphatic carbocycles. The maximum atomic E-state index is 12.0. The van der Waals surface area contributed by atoms with Crippen molar-refractivity contribution in [2.45, 2.75) is 78.3 Å². The molecular formula is C16H32N2O3. The number of carbonyl (C=O) groups excluding carboxylic acids is 1. The highest BCUT2D eigenvalue weighted by atomic mass is 16.4. The Morgan fingerprint density at radius 2 is 1.81 bits per heavy atom. The van der Waals surface area contributed by atoms with Crippen molar-refractivity contribution in [2.24, 2.45) is 17.6 Å². The van der Waals surface area contributed by atoms with Gasteiger partial charge in [-0.05, 0) is 24.7 Å². The van der Waals surface area contributed by atoms with Gasteiger partial charge < -0.3 is 16.2 Å². The van der Waals surface area contributed by atoms with Gasteiger partial charge in [0.15, 0.2) is 0 Å². The van der Waals surface area contributed by atoms with Crippen LogP contribution in [0.5, 0.6) is 0 Å². The Morgan fingerprint density at radius 3 is 2.29 bits per heavy atom. The van der Waals surface area contributed by atoms with E-state index < -0.39 is 12.0 Å². The van der Waals surface area contributed by atoms with E-state index in [9.17, 15) is 9.59 Å². The van der Waals surface area contributed by atoms with Crippen molar-refractivity contribution in [2.75, 3.05) is 0 Å². The molecule has 0 spiro atoms. The van der Waals surface area contributed by atoms with E-state index in [0.29, 0.717) is 24.7 Å². The quantitative estimate of drug-likeness (QED) is 0.546. The highest BCUT2D eigenvalue weighted by Gasteiger charge is 2.22. The first-order valence-corrected chi connectivity index (χ1v) is 8.03. The topological polar surface area (TPSA) is 92.4 Å². The van der Waals surface area contributed by atoms with E-state index >= 15 is 0 Å². The molecule has 21 heavy (non-hydrogen) atoms. The van der Waals surface area contributed by atoms with Gasteiger partial charge in [-0.1, -0.05) is 47.0 Å². The predicted molar refractivity (Wildman–Crippen MR) is 84.9 cm³/mol. The van der Waals surface area contributed by atoms with Gasteiger partial charge in [0.2, 0.25) is 5.91 Å². The lowest BCUT2D eigenvalue weighted by molar-refractivity contribution is -0.137. The van der Waals surface area contributed by atoms with Gasteiger partial charge in [0.1, 0.15) is 0 Å². The smallest absolute Gasteiger partial charge is 0.305 e. The summed E-state index contributed by atoms with van der Waals surface area (Å²) in [5.74, 6) is -0.388. The SMILES string of the molecule is CCCCC(C)CC(CC(=O)O)NC(=O)[C@@H](N)CC(C)C. The Hall–Kier alpha value is -1.10. The molecule has 0 aliphatic heterocycles. The van der Waals surface area contributed by atoms with Crippen molar-refractivity contribution in [3.05, 3.63) is 0 Å². The van der Waals surface area contributed by atoms with Crippen molar-refractivity contribution >= 4 is 11.9 Å². The molecule has 0 aromatic heterocycles. The summed E-state index contributed by atoms with van der Waals surface area (Å²) in [7, 11) is 0. The maximum absolute atomic E-state index is 12.0. The van der Waals surface area contributed by atoms with Crippen LogP contribution in [0.15, 0.2) is 0 Å². The van der Waals surface area contributed by atoms with Gasteiger partial charge in [0.05, 0.1) is 12.5 Å². The zero-order valence-electron chi connectivity index (χ0n) is 13.9. The number of carbonyl (C=O) groups is 2. The van der Waals surface area contributed by atoms with Gasteiger partial charge in [-0.2, -0.15) is 0 Å². The fourth-order valence-corrected chi connectivity index (χ4v) is 2.48. The lowest BCUT2D eigenvalue weighted by Gasteiger charge is -2.23. The Morgan fingerprint density at radius 1 is 1.19 bits per heavy atom. The summed E-state index contributed by atoms with van der Waals surface area (Å²) in [5, 5.41) is 11.8. The van der Waals surface area contributed by atoms with Crippen LogP contribution in [-0.4, -0.2) is 29.1 Å². The summed E-state index contributed by atoms with van der Waals surface area (Å²) in [4.78, 5) is 23.0. The van der Waals surface area contributed by atoms with Crippen molar-refractivity contribution in [1.82, 2.24) is 5.32 Å². The fraction of sp³-hybridized carbons (Fsp3) is 0.875. The van der Waals surface area contributed by atoms with Gasteiger partial charge in [-0.25, -0.2) is 0 Å². The van der Waals surface area contributed by atoms with Gasteiger partial charge in [0.25, 0.3) is 0 Å². The molecule has 0 aromatic carbocycles. The number of rotatable bonds is 11. The molecule has 5 heteroatoms. The summed E-state index contributed by atoms with van der Waals surface area (Å²) in [6.45, 7) is 8.25. The highest BCUT2D eigenvalue weighted by Crippen LogP contribution is 2.16. The first-order valence-electron chi connectivity index (χ1n) is 8.03. The maximum Gasteiger partial charge on any atom is 0.305 e. The number of amides is 1. The molecule has 0 rings (SSSR count).